The molecule has 6 aromatic rings. The Balaban J connectivity index is 0.000000131. The van der Waals surface area contributed by atoms with Crippen molar-refractivity contribution in [3.05, 3.63) is 114 Å². The van der Waals surface area contributed by atoms with Gasteiger partial charge in [-0.15, -0.1) is 53.6 Å². The van der Waals surface area contributed by atoms with Crippen LogP contribution in [0.15, 0.2) is 89.6 Å². The van der Waals surface area contributed by atoms with Gasteiger partial charge in [-0.1, -0.05) is 60.4 Å². The molecule has 0 spiro atoms. The molecule has 2 fully saturated rings. The van der Waals surface area contributed by atoms with Gasteiger partial charge in [0, 0.05) is 43.6 Å². The Kier molecular flexibility index (Phi) is 6.41. The number of hydrogen-bond acceptors (Lipinski definition) is 4. The normalized spacial score (nSPS) is 21.7. The van der Waals surface area contributed by atoms with Gasteiger partial charge in [-0.2, -0.15) is 0 Å². The number of fused-ring (bicyclic) bond motifs is 6. The van der Waals surface area contributed by atoms with Crippen molar-refractivity contribution in [2.45, 2.75) is 56.3 Å². The molecule has 0 bridgehead atoms. The molecule has 0 atom stereocenters. The summed E-state index contributed by atoms with van der Waals surface area (Å²) in [7, 11) is 0. The van der Waals surface area contributed by atoms with Crippen LogP contribution in [0, 0.1) is 19.1 Å². The predicted molar refractivity (Wildman–Crippen MR) is 158 cm³/mol. The fourth-order valence-electron chi connectivity index (χ4n) is 8.08. The third kappa shape index (κ3) is 3.79. The Labute approximate surface area is 253 Å². The van der Waals surface area contributed by atoms with Crippen molar-refractivity contribution in [3.8, 4) is 22.5 Å². The predicted octanol–water partition coefficient (Wildman–Crippen LogP) is 8.55. The van der Waals surface area contributed by atoms with E-state index in [9.17, 15) is 0 Å². The minimum absolute atomic E-state index is 0. The van der Waals surface area contributed by atoms with Gasteiger partial charge < -0.3 is 14.4 Å². The van der Waals surface area contributed by atoms with Crippen LogP contribution in [0.1, 0.15) is 55.3 Å². The van der Waals surface area contributed by atoms with Crippen molar-refractivity contribution < 1.29 is 24.5 Å². The van der Waals surface area contributed by atoms with Crippen LogP contribution in [-0.2, 0) is 30.9 Å². The molecule has 3 aliphatic rings. The quantitative estimate of drug-likeness (QED) is 0.161. The molecule has 1 radical (unpaired) electrons. The maximum absolute atomic E-state index is 5.94. The summed E-state index contributed by atoms with van der Waals surface area (Å²) in [6.45, 7) is 1.96. The van der Waals surface area contributed by atoms with Crippen LogP contribution >= 0.6 is 0 Å². The van der Waals surface area contributed by atoms with Gasteiger partial charge in [-0.05, 0) is 66.2 Å². The molecule has 0 saturated heterocycles. The molecule has 2 saturated carbocycles. The minimum atomic E-state index is 0. The topological polar surface area (TPSA) is 51.8 Å². The van der Waals surface area contributed by atoms with E-state index in [1.165, 1.54) is 55.3 Å². The Hall–Kier alpha value is -3.66. The van der Waals surface area contributed by atoms with Gasteiger partial charge in [0.15, 0.2) is 0 Å². The van der Waals surface area contributed by atoms with Crippen molar-refractivity contribution in [3.63, 3.8) is 0 Å². The van der Waals surface area contributed by atoms with Crippen molar-refractivity contribution >= 4 is 22.1 Å². The molecule has 4 aromatic heterocycles. The summed E-state index contributed by atoms with van der Waals surface area (Å²) in [6, 6.07) is 31.5. The van der Waals surface area contributed by atoms with Crippen molar-refractivity contribution in [2.24, 2.45) is 0 Å². The monoisotopic (exact) mass is 712 g/mol. The van der Waals surface area contributed by atoms with E-state index in [-0.39, 0.29) is 20.1 Å². The van der Waals surface area contributed by atoms with Crippen LogP contribution in [0.5, 0.6) is 0 Å². The molecule has 0 N–H and O–H groups in total. The number of aromatic nitrogens is 3. The average Bonchev–Trinajstić information content (AvgIpc) is 3.68. The first-order valence-corrected chi connectivity index (χ1v) is 14.3. The van der Waals surface area contributed by atoms with Crippen molar-refractivity contribution in [1.29, 1.82) is 0 Å². The van der Waals surface area contributed by atoms with Gasteiger partial charge in [-0.25, -0.2) is 4.98 Å². The molecule has 4 nitrogen and oxygen atoms in total. The number of furan rings is 1. The first kappa shape index (κ1) is 26.3. The molecule has 0 unspecified atom stereocenters. The van der Waals surface area contributed by atoms with E-state index < -0.39 is 0 Å². The first-order valence-electron chi connectivity index (χ1n) is 14.3. The standard InChI is InChI=1S/C19H18N.C17H11N2O.Ir/c1-2-7-15-14(6-1)17-16(8-3-13-20-17)19-11-4-9-18(15,19)10-5-12-19;1-11-8-9-13-12-5-4-6-14(15-7-2-3-10-18-15)16(12)20-17(13)19-11;/h1-3,7-8,13H,4-5,9-12H2;2-5,7-10H,1H3;/q2*-1;. The molecule has 3 aliphatic carbocycles. The SMILES string of the molecule is Cc1ccc2c(n1)oc1c(-c3ccccn3)[c-]ccc12.[Ir].[c-]1cccc2c1-c1ncccc1C13CCCC21CCC3. The zero-order chi connectivity index (χ0) is 26.7. The Morgan fingerprint density at radius 3 is 2.27 bits per heavy atom. The minimum Gasteiger partial charge on any atom is -0.486 e. The average molecular weight is 712 g/mol. The second kappa shape index (κ2) is 10.0. The van der Waals surface area contributed by atoms with Crippen molar-refractivity contribution in [1.82, 2.24) is 15.0 Å². The molecule has 41 heavy (non-hydrogen) atoms. The van der Waals surface area contributed by atoms with E-state index in [0.717, 1.165) is 33.3 Å². The van der Waals surface area contributed by atoms with E-state index in [4.69, 9.17) is 9.40 Å². The Bertz CT molecular complexity index is 1820. The van der Waals surface area contributed by atoms with Crippen LogP contribution in [-0.4, -0.2) is 15.0 Å². The number of pyridine rings is 3. The number of hydrogen-bond donors (Lipinski definition) is 0. The van der Waals surface area contributed by atoms with E-state index in [1.807, 2.05) is 61.7 Å². The number of rotatable bonds is 1. The van der Waals surface area contributed by atoms with Gasteiger partial charge in [0.25, 0.3) is 0 Å². The molecule has 5 heteroatoms. The van der Waals surface area contributed by atoms with Gasteiger partial charge in [0.2, 0.25) is 5.71 Å². The molecule has 0 amide bonds. The van der Waals surface area contributed by atoms with E-state index in [1.54, 1.807) is 11.8 Å². The number of benzene rings is 2. The largest absolute Gasteiger partial charge is 0.486 e. The summed E-state index contributed by atoms with van der Waals surface area (Å²) in [4.78, 5) is 13.6. The van der Waals surface area contributed by atoms with Gasteiger partial charge in [-0.3, -0.25) is 0 Å². The number of nitrogens with zero attached hydrogens (tertiary/aromatic N) is 3. The van der Waals surface area contributed by atoms with Gasteiger partial charge in [0.1, 0.15) is 0 Å². The zero-order valence-corrected chi connectivity index (χ0v) is 25.3. The summed E-state index contributed by atoms with van der Waals surface area (Å²) in [6.07, 6.45) is 11.8. The van der Waals surface area contributed by atoms with Gasteiger partial charge in [0.05, 0.1) is 5.58 Å². The first-order chi connectivity index (χ1) is 19.7. The molecular formula is C36H29IrN3O-2. The summed E-state index contributed by atoms with van der Waals surface area (Å²) < 4.78 is 5.94. The number of aryl methyl sites for hydroxylation is 1. The second-order valence-corrected chi connectivity index (χ2v) is 11.4. The maximum Gasteiger partial charge on any atom is 0.216 e. The smallest absolute Gasteiger partial charge is 0.216 e. The van der Waals surface area contributed by atoms with Crippen LogP contribution in [0.3, 0.4) is 0 Å². The van der Waals surface area contributed by atoms with Crippen LogP contribution in [0.2, 0.25) is 0 Å². The van der Waals surface area contributed by atoms with E-state index in [0.29, 0.717) is 16.5 Å². The molecular weight excluding hydrogens is 683 g/mol. The third-order valence-corrected chi connectivity index (χ3v) is 9.62. The fraction of sp³-hybridized carbons (Fsp3) is 0.250. The van der Waals surface area contributed by atoms with Crippen LogP contribution < -0.4 is 0 Å². The molecule has 205 valence electrons. The van der Waals surface area contributed by atoms with Crippen molar-refractivity contribution in [2.75, 3.05) is 0 Å². The van der Waals surface area contributed by atoms with Crippen LogP contribution in [0.25, 0.3) is 44.6 Å². The third-order valence-electron chi connectivity index (χ3n) is 9.62. The summed E-state index contributed by atoms with van der Waals surface area (Å²) in [5.74, 6) is 0. The summed E-state index contributed by atoms with van der Waals surface area (Å²) in [5, 5.41) is 2.07. The fourth-order valence-corrected chi connectivity index (χ4v) is 8.08. The van der Waals surface area contributed by atoms with Gasteiger partial charge >= 0.3 is 0 Å². The molecule has 4 heterocycles. The Morgan fingerprint density at radius 1 is 0.707 bits per heavy atom. The summed E-state index contributed by atoms with van der Waals surface area (Å²) in [5.41, 5.74) is 10.4. The second-order valence-electron chi connectivity index (χ2n) is 11.4. The van der Waals surface area contributed by atoms with E-state index in [2.05, 4.69) is 46.4 Å². The zero-order valence-electron chi connectivity index (χ0n) is 22.9. The maximum atomic E-state index is 5.94. The molecule has 9 rings (SSSR count). The molecule has 2 aromatic carbocycles. The summed E-state index contributed by atoms with van der Waals surface area (Å²) >= 11 is 0. The van der Waals surface area contributed by atoms with Crippen LogP contribution in [0.4, 0.5) is 0 Å². The molecule has 0 aliphatic heterocycles. The Morgan fingerprint density at radius 2 is 1.46 bits per heavy atom. The van der Waals surface area contributed by atoms with E-state index >= 15 is 0 Å².